The van der Waals surface area contributed by atoms with E-state index >= 15 is 0 Å². The van der Waals surface area contributed by atoms with Gasteiger partial charge < -0.3 is 9.64 Å². The lowest BCUT2D eigenvalue weighted by molar-refractivity contribution is 0.321. The van der Waals surface area contributed by atoms with Gasteiger partial charge in [-0.1, -0.05) is 36.9 Å². The average molecular weight is 325 g/mol. The molecule has 3 heterocycles. The Labute approximate surface area is 140 Å². The number of fused-ring (bicyclic) bond motifs is 1. The number of benzene rings is 1. The number of pyridine rings is 1. The summed E-state index contributed by atoms with van der Waals surface area (Å²) in [5.74, 6) is 0.881. The van der Waals surface area contributed by atoms with E-state index in [9.17, 15) is 0 Å². The zero-order valence-electron chi connectivity index (χ0n) is 13.2. The van der Waals surface area contributed by atoms with Gasteiger partial charge in [0.25, 0.3) is 0 Å². The van der Waals surface area contributed by atoms with Crippen LogP contribution < -0.4 is 4.74 Å². The Morgan fingerprint density at radius 1 is 1.17 bits per heavy atom. The summed E-state index contributed by atoms with van der Waals surface area (Å²) in [4.78, 5) is 12.0. The van der Waals surface area contributed by atoms with E-state index in [1.54, 1.807) is 7.11 Å². The minimum atomic E-state index is 0.0552. The summed E-state index contributed by atoms with van der Waals surface area (Å²) in [6.07, 6.45) is 1.85. The lowest BCUT2D eigenvalue weighted by Crippen LogP contribution is -2.28. The molecule has 0 aliphatic carbocycles. The molecule has 1 aromatic heterocycles. The van der Waals surface area contributed by atoms with Crippen LogP contribution in [0.25, 0.3) is 0 Å². The van der Waals surface area contributed by atoms with Crippen LogP contribution in [-0.4, -0.2) is 34.0 Å². The van der Waals surface area contributed by atoms with E-state index in [4.69, 9.17) is 9.73 Å². The Morgan fingerprint density at radius 2 is 2.00 bits per heavy atom. The highest BCUT2D eigenvalue weighted by atomic mass is 32.2. The molecule has 4 nitrogen and oxygen atoms in total. The van der Waals surface area contributed by atoms with Crippen molar-refractivity contribution >= 4 is 16.9 Å². The summed E-state index contributed by atoms with van der Waals surface area (Å²) in [7, 11) is 1.70. The largest absolute Gasteiger partial charge is 0.497 e. The van der Waals surface area contributed by atoms with Gasteiger partial charge in [-0.15, -0.1) is 0 Å². The average Bonchev–Trinajstić information content (AvgIpc) is 3.11. The molecule has 2 aromatic rings. The maximum Gasteiger partial charge on any atom is 0.160 e. The Morgan fingerprint density at radius 3 is 2.70 bits per heavy atom. The Bertz CT molecular complexity index is 717. The fourth-order valence-corrected chi connectivity index (χ4v) is 4.37. The van der Waals surface area contributed by atoms with Crippen LogP contribution in [0.3, 0.4) is 0 Å². The standard InChI is InChI=1S/C18H19N3OS/c1-12-11-21-17(13-6-8-14(22-2)9-7-13)16(20-18(21)23-12)15-5-3-4-10-19-15/h3-10,12,16-17H,11H2,1-2H3/t12?,16-,17+/m0/s1. The SMILES string of the molecule is COc1ccc([C@@H]2[C@H](c3ccccn3)N=C3SC(C)CN32)cc1. The quantitative estimate of drug-likeness (QED) is 0.863. The molecule has 118 valence electrons. The molecule has 3 atom stereocenters. The molecular formula is C18H19N3OS. The molecule has 1 unspecified atom stereocenters. The summed E-state index contributed by atoms with van der Waals surface area (Å²) in [6.45, 7) is 3.29. The zero-order valence-corrected chi connectivity index (χ0v) is 14.0. The molecule has 23 heavy (non-hydrogen) atoms. The number of rotatable bonds is 3. The lowest BCUT2D eigenvalue weighted by atomic mass is 9.96. The Kier molecular flexibility index (Phi) is 3.73. The number of nitrogens with zero attached hydrogens (tertiary/aromatic N) is 3. The van der Waals surface area contributed by atoms with Gasteiger partial charge in [0.2, 0.25) is 0 Å². The van der Waals surface area contributed by atoms with Crippen molar-refractivity contribution in [1.82, 2.24) is 9.88 Å². The molecule has 2 aliphatic heterocycles. The Balaban J connectivity index is 1.74. The predicted octanol–water partition coefficient (Wildman–Crippen LogP) is 3.68. The second-order valence-corrected chi connectivity index (χ2v) is 7.32. The lowest BCUT2D eigenvalue weighted by Gasteiger charge is -2.27. The van der Waals surface area contributed by atoms with Gasteiger partial charge in [-0.3, -0.25) is 9.98 Å². The minimum Gasteiger partial charge on any atom is -0.497 e. The summed E-state index contributed by atoms with van der Waals surface area (Å²) in [5.41, 5.74) is 2.29. The summed E-state index contributed by atoms with van der Waals surface area (Å²) < 4.78 is 5.29. The smallest absolute Gasteiger partial charge is 0.160 e. The maximum absolute atomic E-state index is 5.29. The third-order valence-corrected chi connectivity index (χ3v) is 5.44. The van der Waals surface area contributed by atoms with E-state index in [-0.39, 0.29) is 12.1 Å². The summed E-state index contributed by atoms with van der Waals surface area (Å²) in [5, 5.41) is 1.73. The highest BCUT2D eigenvalue weighted by Gasteiger charge is 2.43. The minimum absolute atomic E-state index is 0.0552. The van der Waals surface area contributed by atoms with Crippen LogP contribution in [0.5, 0.6) is 5.75 Å². The van der Waals surface area contributed by atoms with E-state index in [2.05, 4.69) is 35.0 Å². The molecule has 2 aliphatic rings. The molecular weight excluding hydrogens is 306 g/mol. The first kappa shape index (κ1) is 14.6. The molecule has 0 N–H and O–H groups in total. The third kappa shape index (κ3) is 2.59. The fourth-order valence-electron chi connectivity index (χ4n) is 3.28. The molecule has 0 spiro atoms. The van der Waals surface area contributed by atoms with Crippen LogP contribution in [-0.2, 0) is 0 Å². The monoisotopic (exact) mass is 325 g/mol. The zero-order chi connectivity index (χ0) is 15.8. The molecule has 1 saturated heterocycles. The predicted molar refractivity (Wildman–Crippen MR) is 93.9 cm³/mol. The molecule has 5 heteroatoms. The van der Waals surface area contributed by atoms with E-state index in [1.165, 1.54) is 5.56 Å². The van der Waals surface area contributed by atoms with Gasteiger partial charge in [0.1, 0.15) is 11.8 Å². The van der Waals surface area contributed by atoms with Crippen molar-refractivity contribution in [3.63, 3.8) is 0 Å². The van der Waals surface area contributed by atoms with Gasteiger partial charge in [-0.25, -0.2) is 0 Å². The number of ether oxygens (including phenoxy) is 1. The highest BCUT2D eigenvalue weighted by Crippen LogP contribution is 2.47. The first-order valence-electron chi connectivity index (χ1n) is 7.82. The second-order valence-electron chi connectivity index (χ2n) is 5.91. The van der Waals surface area contributed by atoms with Crippen molar-refractivity contribution in [3.8, 4) is 5.75 Å². The molecule has 0 amide bonds. The van der Waals surface area contributed by atoms with Crippen LogP contribution in [0.2, 0.25) is 0 Å². The van der Waals surface area contributed by atoms with Gasteiger partial charge in [0.15, 0.2) is 5.17 Å². The molecule has 1 fully saturated rings. The van der Waals surface area contributed by atoms with Gasteiger partial charge in [0.05, 0.1) is 18.8 Å². The summed E-state index contributed by atoms with van der Waals surface area (Å²) >= 11 is 1.86. The van der Waals surface area contributed by atoms with E-state index < -0.39 is 0 Å². The first-order valence-corrected chi connectivity index (χ1v) is 8.70. The van der Waals surface area contributed by atoms with Crippen molar-refractivity contribution in [2.24, 2.45) is 4.99 Å². The van der Waals surface area contributed by atoms with Crippen molar-refractivity contribution in [1.29, 1.82) is 0 Å². The molecule has 0 saturated carbocycles. The normalized spacial score (nSPS) is 26.1. The van der Waals surface area contributed by atoms with Crippen LogP contribution in [0.1, 0.15) is 30.3 Å². The van der Waals surface area contributed by atoms with Crippen molar-refractivity contribution in [3.05, 3.63) is 59.9 Å². The fraction of sp³-hybridized carbons (Fsp3) is 0.333. The number of thioether (sulfide) groups is 1. The number of amidine groups is 1. The van der Waals surface area contributed by atoms with Crippen LogP contribution in [0, 0.1) is 0 Å². The topological polar surface area (TPSA) is 37.7 Å². The second kappa shape index (κ2) is 5.89. The number of hydrogen-bond donors (Lipinski definition) is 0. The van der Waals surface area contributed by atoms with Gasteiger partial charge in [0, 0.05) is 18.0 Å². The molecule has 1 aromatic carbocycles. The van der Waals surface area contributed by atoms with E-state index in [1.807, 2.05) is 42.2 Å². The van der Waals surface area contributed by atoms with Crippen LogP contribution in [0.4, 0.5) is 0 Å². The number of hydrogen-bond acceptors (Lipinski definition) is 5. The Hall–Kier alpha value is -2.01. The van der Waals surface area contributed by atoms with Crippen molar-refractivity contribution < 1.29 is 4.74 Å². The van der Waals surface area contributed by atoms with Crippen LogP contribution in [0.15, 0.2) is 53.7 Å². The first-order chi connectivity index (χ1) is 11.3. The van der Waals surface area contributed by atoms with Gasteiger partial charge >= 0.3 is 0 Å². The number of methoxy groups -OCH3 is 1. The summed E-state index contributed by atoms with van der Waals surface area (Å²) in [6, 6.07) is 14.7. The van der Waals surface area contributed by atoms with Gasteiger partial charge in [-0.05, 0) is 29.8 Å². The number of aliphatic imine (C=N–C) groups is 1. The highest BCUT2D eigenvalue weighted by molar-refractivity contribution is 8.14. The van der Waals surface area contributed by atoms with E-state index in [0.29, 0.717) is 5.25 Å². The van der Waals surface area contributed by atoms with Gasteiger partial charge in [-0.2, -0.15) is 0 Å². The van der Waals surface area contributed by atoms with Crippen LogP contribution >= 0.6 is 11.8 Å². The molecule has 4 rings (SSSR count). The van der Waals surface area contributed by atoms with E-state index in [0.717, 1.165) is 23.2 Å². The molecule has 0 radical (unpaired) electrons. The van der Waals surface area contributed by atoms with Crippen molar-refractivity contribution in [2.75, 3.05) is 13.7 Å². The number of aromatic nitrogens is 1. The van der Waals surface area contributed by atoms with Crippen molar-refractivity contribution in [2.45, 2.75) is 24.3 Å². The molecule has 0 bridgehead atoms. The third-order valence-electron chi connectivity index (χ3n) is 4.34. The maximum atomic E-state index is 5.29.